The summed E-state index contributed by atoms with van der Waals surface area (Å²) in [5.74, 6) is 0.672. The van der Waals surface area contributed by atoms with Crippen molar-refractivity contribution in [3.8, 4) is 11.4 Å². The summed E-state index contributed by atoms with van der Waals surface area (Å²) < 4.78 is 1.89. The van der Waals surface area contributed by atoms with E-state index in [1.165, 1.54) is 11.8 Å². The average Bonchev–Trinajstić information content (AvgIpc) is 3.07. The summed E-state index contributed by atoms with van der Waals surface area (Å²) in [5.41, 5.74) is 2.31. The largest absolute Gasteiger partial charge is 0.325 e. The number of aromatic nitrogens is 3. The van der Waals surface area contributed by atoms with Crippen LogP contribution in [0.25, 0.3) is 11.4 Å². The van der Waals surface area contributed by atoms with E-state index in [1.54, 1.807) is 24.3 Å². The van der Waals surface area contributed by atoms with Gasteiger partial charge in [-0.25, -0.2) is 0 Å². The lowest BCUT2D eigenvalue weighted by molar-refractivity contribution is -0.113. The fourth-order valence-electron chi connectivity index (χ4n) is 2.59. The van der Waals surface area contributed by atoms with Crippen LogP contribution < -0.4 is 5.32 Å². The van der Waals surface area contributed by atoms with Gasteiger partial charge in [-0.15, -0.1) is 16.8 Å². The average molecular weight is 433 g/mol. The molecular weight excluding hydrogens is 415 g/mol. The van der Waals surface area contributed by atoms with E-state index in [4.69, 9.17) is 23.2 Å². The molecule has 0 aliphatic carbocycles. The molecule has 28 heavy (non-hydrogen) atoms. The number of benzene rings is 2. The van der Waals surface area contributed by atoms with E-state index in [0.29, 0.717) is 33.3 Å². The van der Waals surface area contributed by atoms with Gasteiger partial charge in [-0.05, 0) is 36.8 Å². The lowest BCUT2D eigenvalue weighted by Gasteiger charge is -2.10. The highest BCUT2D eigenvalue weighted by atomic mass is 35.5. The van der Waals surface area contributed by atoms with Crippen molar-refractivity contribution in [2.24, 2.45) is 0 Å². The van der Waals surface area contributed by atoms with E-state index in [-0.39, 0.29) is 11.7 Å². The molecule has 1 aromatic heterocycles. The van der Waals surface area contributed by atoms with Crippen LogP contribution in [0.3, 0.4) is 0 Å². The molecule has 0 fully saturated rings. The molecule has 1 amide bonds. The standard InChI is InChI=1S/C20H18Cl2N4OS/c1-3-11-26-19(14-7-4-5-8-16(14)22)24-25-20(26)28-12-18(27)23-17-10-6-9-15(21)13(17)2/h3-10H,1,11-12H2,2H3,(H,23,27). The van der Waals surface area contributed by atoms with Gasteiger partial charge in [0.1, 0.15) is 0 Å². The van der Waals surface area contributed by atoms with E-state index >= 15 is 0 Å². The predicted molar refractivity (Wildman–Crippen MR) is 116 cm³/mol. The number of thioether (sulfide) groups is 1. The van der Waals surface area contributed by atoms with Crippen molar-refractivity contribution in [2.45, 2.75) is 18.6 Å². The number of amides is 1. The van der Waals surface area contributed by atoms with Crippen molar-refractivity contribution in [1.29, 1.82) is 0 Å². The molecule has 0 bridgehead atoms. The summed E-state index contributed by atoms with van der Waals surface area (Å²) >= 11 is 13.7. The fraction of sp³-hybridized carbons (Fsp3) is 0.150. The van der Waals surface area contributed by atoms with Crippen LogP contribution in [0.4, 0.5) is 5.69 Å². The molecule has 0 spiro atoms. The van der Waals surface area contributed by atoms with Crippen LogP contribution in [0.5, 0.6) is 0 Å². The Morgan fingerprint density at radius 1 is 1.18 bits per heavy atom. The number of nitrogens with one attached hydrogen (secondary N) is 1. The number of allylic oxidation sites excluding steroid dienone is 1. The van der Waals surface area contributed by atoms with Gasteiger partial charge in [-0.2, -0.15) is 0 Å². The Bertz CT molecular complexity index is 1020. The maximum Gasteiger partial charge on any atom is 0.234 e. The quantitative estimate of drug-likeness (QED) is 0.396. The normalized spacial score (nSPS) is 10.7. The van der Waals surface area contributed by atoms with Crippen molar-refractivity contribution in [2.75, 3.05) is 11.1 Å². The molecule has 0 aliphatic heterocycles. The first-order valence-electron chi connectivity index (χ1n) is 8.48. The van der Waals surface area contributed by atoms with E-state index in [0.717, 1.165) is 11.1 Å². The minimum atomic E-state index is -0.150. The second-order valence-electron chi connectivity index (χ2n) is 5.93. The third-order valence-electron chi connectivity index (χ3n) is 4.02. The maximum atomic E-state index is 12.4. The molecule has 2 aromatic carbocycles. The van der Waals surface area contributed by atoms with Crippen molar-refractivity contribution < 1.29 is 4.79 Å². The number of hydrogen-bond acceptors (Lipinski definition) is 4. The Hall–Kier alpha value is -2.28. The van der Waals surface area contributed by atoms with Crippen LogP contribution in [0, 0.1) is 6.92 Å². The maximum absolute atomic E-state index is 12.4. The highest BCUT2D eigenvalue weighted by molar-refractivity contribution is 7.99. The lowest BCUT2D eigenvalue weighted by atomic mass is 10.2. The fourth-order valence-corrected chi connectivity index (χ4v) is 3.73. The molecule has 144 valence electrons. The summed E-state index contributed by atoms with van der Waals surface area (Å²) in [6, 6.07) is 12.8. The molecule has 0 atom stereocenters. The molecular formula is C20H18Cl2N4OS. The SMILES string of the molecule is C=CCn1c(SCC(=O)Nc2cccc(Cl)c2C)nnc1-c1ccccc1Cl. The zero-order valence-corrected chi connectivity index (χ0v) is 17.5. The van der Waals surface area contributed by atoms with Gasteiger partial charge in [0.25, 0.3) is 0 Å². The number of halogens is 2. The monoisotopic (exact) mass is 432 g/mol. The van der Waals surface area contributed by atoms with Gasteiger partial charge in [0, 0.05) is 22.8 Å². The van der Waals surface area contributed by atoms with Crippen molar-refractivity contribution in [3.05, 3.63) is 70.7 Å². The van der Waals surface area contributed by atoms with Crippen LogP contribution >= 0.6 is 35.0 Å². The predicted octanol–water partition coefficient (Wildman–Crippen LogP) is 5.48. The van der Waals surface area contributed by atoms with Gasteiger partial charge in [-0.3, -0.25) is 9.36 Å². The molecule has 0 saturated heterocycles. The van der Waals surface area contributed by atoms with Gasteiger partial charge in [-0.1, -0.05) is 59.2 Å². The second kappa shape index (κ2) is 9.28. The first-order chi connectivity index (χ1) is 13.5. The number of anilines is 1. The van der Waals surface area contributed by atoms with Crippen LogP contribution in [-0.4, -0.2) is 26.4 Å². The number of carbonyl (C=O) groups excluding carboxylic acids is 1. The van der Waals surface area contributed by atoms with E-state index < -0.39 is 0 Å². The zero-order valence-electron chi connectivity index (χ0n) is 15.2. The molecule has 1 N–H and O–H groups in total. The second-order valence-corrected chi connectivity index (χ2v) is 7.69. The first-order valence-corrected chi connectivity index (χ1v) is 10.2. The molecule has 0 saturated carbocycles. The summed E-state index contributed by atoms with van der Waals surface area (Å²) in [4.78, 5) is 12.4. The Morgan fingerprint density at radius 2 is 1.93 bits per heavy atom. The molecule has 0 radical (unpaired) electrons. The highest BCUT2D eigenvalue weighted by Crippen LogP contribution is 2.29. The molecule has 0 aliphatic rings. The third kappa shape index (κ3) is 4.58. The van der Waals surface area contributed by atoms with Crippen molar-refractivity contribution >= 4 is 46.6 Å². The van der Waals surface area contributed by atoms with Crippen LogP contribution in [0.2, 0.25) is 10.0 Å². The smallest absolute Gasteiger partial charge is 0.234 e. The topological polar surface area (TPSA) is 59.8 Å². The van der Waals surface area contributed by atoms with Gasteiger partial charge < -0.3 is 5.32 Å². The van der Waals surface area contributed by atoms with E-state index in [1.807, 2.05) is 35.8 Å². The molecule has 3 aromatic rings. The molecule has 0 unspecified atom stereocenters. The number of nitrogens with zero attached hydrogens (tertiary/aromatic N) is 3. The van der Waals surface area contributed by atoms with Gasteiger partial charge in [0.15, 0.2) is 11.0 Å². The molecule has 1 heterocycles. The molecule has 8 heteroatoms. The van der Waals surface area contributed by atoms with Crippen molar-refractivity contribution in [3.63, 3.8) is 0 Å². The van der Waals surface area contributed by atoms with Gasteiger partial charge >= 0.3 is 0 Å². The summed E-state index contributed by atoms with van der Waals surface area (Å²) in [7, 11) is 0. The minimum absolute atomic E-state index is 0.150. The number of hydrogen-bond donors (Lipinski definition) is 1. The lowest BCUT2D eigenvalue weighted by Crippen LogP contribution is -2.15. The Balaban J connectivity index is 1.75. The number of rotatable bonds is 7. The number of carbonyl (C=O) groups is 1. The summed E-state index contributed by atoms with van der Waals surface area (Å²) in [6.07, 6.45) is 1.75. The first kappa shape index (κ1) is 20.5. The Morgan fingerprint density at radius 3 is 2.68 bits per heavy atom. The van der Waals surface area contributed by atoms with Crippen LogP contribution in [-0.2, 0) is 11.3 Å². The van der Waals surface area contributed by atoms with Crippen molar-refractivity contribution in [1.82, 2.24) is 14.8 Å². The molecule has 3 rings (SSSR count). The van der Waals surface area contributed by atoms with E-state index in [2.05, 4.69) is 22.1 Å². The summed E-state index contributed by atoms with van der Waals surface area (Å²) in [5, 5.41) is 13.2. The van der Waals surface area contributed by atoms with E-state index in [9.17, 15) is 4.79 Å². The minimum Gasteiger partial charge on any atom is -0.325 e. The van der Waals surface area contributed by atoms with Crippen LogP contribution in [0.1, 0.15) is 5.56 Å². The summed E-state index contributed by atoms with van der Waals surface area (Å²) in [6.45, 7) is 6.16. The zero-order chi connectivity index (χ0) is 20.1. The Kier molecular flexibility index (Phi) is 6.78. The van der Waals surface area contributed by atoms with Gasteiger partial charge in [0.2, 0.25) is 5.91 Å². The van der Waals surface area contributed by atoms with Crippen LogP contribution in [0.15, 0.2) is 60.3 Å². The highest BCUT2D eigenvalue weighted by Gasteiger charge is 2.17. The Labute approximate surface area is 177 Å². The molecule has 5 nitrogen and oxygen atoms in total. The van der Waals surface area contributed by atoms with Gasteiger partial charge in [0.05, 0.1) is 10.8 Å². The third-order valence-corrected chi connectivity index (χ3v) is 5.72.